The summed E-state index contributed by atoms with van der Waals surface area (Å²) in [6, 6.07) is 18.1. The third-order valence-corrected chi connectivity index (χ3v) is 8.47. The van der Waals surface area contributed by atoms with E-state index in [1.54, 1.807) is 24.3 Å². The molecule has 0 saturated heterocycles. The first-order valence-electron chi connectivity index (χ1n) is 10.4. The van der Waals surface area contributed by atoms with E-state index < -0.39 is 15.4 Å². The molecule has 1 fully saturated rings. The van der Waals surface area contributed by atoms with E-state index in [9.17, 15) is 18.5 Å². The first-order valence-corrected chi connectivity index (χ1v) is 11.9. The van der Waals surface area contributed by atoms with Crippen molar-refractivity contribution in [3.05, 3.63) is 77.5 Å². The van der Waals surface area contributed by atoms with Crippen LogP contribution >= 0.6 is 0 Å². The van der Waals surface area contributed by atoms with Gasteiger partial charge in [0.05, 0.1) is 23.2 Å². The zero-order chi connectivity index (χ0) is 22.4. The maximum atomic E-state index is 13.7. The number of benzene rings is 2. The molecule has 0 unspecified atom stereocenters. The summed E-state index contributed by atoms with van der Waals surface area (Å²) in [5.41, 5.74) is 0.363. The Bertz CT molecular complexity index is 1190. The van der Waals surface area contributed by atoms with Gasteiger partial charge in [-0.25, -0.2) is 8.42 Å². The Kier molecular flexibility index (Phi) is 5.06. The van der Waals surface area contributed by atoms with Crippen LogP contribution < -0.4 is 0 Å². The van der Waals surface area contributed by atoms with E-state index in [2.05, 4.69) is 6.07 Å². The van der Waals surface area contributed by atoms with Crippen LogP contribution in [0.1, 0.15) is 37.8 Å². The number of allylic oxidation sites excluding steroid dienone is 2. The van der Waals surface area contributed by atoms with Crippen LogP contribution in [-0.2, 0) is 21.4 Å². The van der Waals surface area contributed by atoms with Crippen LogP contribution in [0.3, 0.4) is 0 Å². The highest BCUT2D eigenvalue weighted by molar-refractivity contribution is 7.89. The average Bonchev–Trinajstić information content (AvgIpc) is 2.72. The van der Waals surface area contributed by atoms with Gasteiger partial charge in [-0.2, -0.15) is 5.26 Å². The van der Waals surface area contributed by atoms with Gasteiger partial charge >= 0.3 is 0 Å². The van der Waals surface area contributed by atoms with Gasteiger partial charge in [-0.1, -0.05) is 68.0 Å². The van der Waals surface area contributed by atoms with E-state index in [1.165, 1.54) is 4.31 Å². The third kappa shape index (κ3) is 3.28. The van der Waals surface area contributed by atoms with Crippen LogP contribution in [0.4, 0.5) is 0 Å². The minimum atomic E-state index is -3.97. The number of Topliss-reactive ketones (excluding diaryl/α,β-unsaturated/α-hetero) is 1. The molecule has 2 atom stereocenters. The number of sulfonamides is 1. The normalized spacial score (nSPS) is 24.4. The Morgan fingerprint density at radius 2 is 1.74 bits per heavy atom. The summed E-state index contributed by atoms with van der Waals surface area (Å²) in [7, 11) is -3.97. The fraction of sp³-hybridized carbons (Fsp3) is 0.360. The molecule has 0 radical (unpaired) electrons. The van der Waals surface area contributed by atoms with Crippen molar-refractivity contribution in [1.82, 2.24) is 4.31 Å². The topological polar surface area (TPSA) is 78.2 Å². The SMILES string of the molecule is Cc1ccc(S(=O)(=O)N(Cc2ccccc2)C2=C[C@H]3C(C)(C)CCC(=O)[C@@]23C#N)cc1. The summed E-state index contributed by atoms with van der Waals surface area (Å²) in [6.07, 6.45) is 2.79. The quantitative estimate of drug-likeness (QED) is 0.689. The molecule has 2 aromatic rings. The number of hydrogen-bond donors (Lipinski definition) is 0. The summed E-state index contributed by atoms with van der Waals surface area (Å²) in [6.45, 7) is 6.04. The molecule has 2 aliphatic rings. The maximum Gasteiger partial charge on any atom is 0.264 e. The molecule has 0 heterocycles. The smallest absolute Gasteiger partial charge is 0.264 e. The van der Waals surface area contributed by atoms with Crippen LogP contribution in [0, 0.1) is 35.0 Å². The fourth-order valence-corrected chi connectivity index (χ4v) is 6.27. The lowest BCUT2D eigenvalue weighted by Gasteiger charge is -2.55. The van der Waals surface area contributed by atoms with Gasteiger partial charge in [-0.3, -0.25) is 9.10 Å². The van der Waals surface area contributed by atoms with Gasteiger partial charge in [0.1, 0.15) is 0 Å². The van der Waals surface area contributed by atoms with Gasteiger partial charge in [0, 0.05) is 12.3 Å². The van der Waals surface area contributed by atoms with Crippen molar-refractivity contribution in [3.8, 4) is 6.07 Å². The minimum Gasteiger partial charge on any atom is -0.297 e. The molecule has 31 heavy (non-hydrogen) atoms. The molecule has 0 amide bonds. The van der Waals surface area contributed by atoms with E-state index >= 15 is 0 Å². The van der Waals surface area contributed by atoms with E-state index in [-0.39, 0.29) is 35.0 Å². The summed E-state index contributed by atoms with van der Waals surface area (Å²) in [4.78, 5) is 13.2. The molecule has 0 bridgehead atoms. The van der Waals surface area contributed by atoms with Crippen molar-refractivity contribution in [2.45, 2.75) is 45.1 Å². The fourth-order valence-electron chi connectivity index (χ4n) is 4.75. The summed E-state index contributed by atoms with van der Waals surface area (Å²) >= 11 is 0. The van der Waals surface area contributed by atoms with E-state index in [0.29, 0.717) is 12.1 Å². The number of fused-ring (bicyclic) bond motifs is 1. The summed E-state index contributed by atoms with van der Waals surface area (Å²) < 4.78 is 28.8. The Morgan fingerprint density at radius 3 is 2.35 bits per heavy atom. The molecule has 0 aliphatic heterocycles. The molecule has 5 nitrogen and oxygen atoms in total. The van der Waals surface area contributed by atoms with Crippen molar-refractivity contribution in [3.63, 3.8) is 0 Å². The van der Waals surface area contributed by atoms with Gasteiger partial charge in [0.25, 0.3) is 10.0 Å². The van der Waals surface area contributed by atoms with E-state index in [4.69, 9.17) is 0 Å². The lowest BCUT2D eigenvalue weighted by atomic mass is 9.48. The first kappa shape index (κ1) is 21.3. The van der Waals surface area contributed by atoms with Crippen molar-refractivity contribution < 1.29 is 13.2 Å². The van der Waals surface area contributed by atoms with E-state index in [0.717, 1.165) is 11.1 Å². The average molecular weight is 435 g/mol. The van der Waals surface area contributed by atoms with E-state index in [1.807, 2.05) is 57.2 Å². The summed E-state index contributed by atoms with van der Waals surface area (Å²) in [5, 5.41) is 10.2. The number of nitrogens with zero attached hydrogens (tertiary/aromatic N) is 2. The largest absolute Gasteiger partial charge is 0.297 e. The Hall–Kier alpha value is -2.91. The second-order valence-corrected chi connectivity index (χ2v) is 11.0. The van der Waals surface area contributed by atoms with Gasteiger partial charge < -0.3 is 0 Å². The van der Waals surface area contributed by atoms with Crippen molar-refractivity contribution in [1.29, 1.82) is 5.26 Å². The number of ketones is 1. The van der Waals surface area contributed by atoms with Gasteiger partial charge in [0.2, 0.25) is 0 Å². The van der Waals surface area contributed by atoms with Crippen molar-refractivity contribution in [2.75, 3.05) is 0 Å². The molecular formula is C25H26N2O3S. The standard InChI is InChI=1S/C25H26N2O3S/c1-18-9-11-20(12-10-18)31(29,30)27(16-19-7-5-4-6-8-19)22-15-21-24(2,3)14-13-23(28)25(21,22)17-26/h4-12,15,21H,13-14,16H2,1-3H3/t21-,25+/m0/s1. The second-order valence-electron chi connectivity index (χ2n) is 9.17. The van der Waals surface area contributed by atoms with Crippen molar-refractivity contribution in [2.24, 2.45) is 16.7 Å². The molecule has 0 aromatic heterocycles. The Morgan fingerprint density at radius 1 is 1.10 bits per heavy atom. The number of nitriles is 1. The molecule has 1 saturated carbocycles. The highest BCUT2D eigenvalue weighted by atomic mass is 32.2. The zero-order valence-electron chi connectivity index (χ0n) is 18.0. The zero-order valence-corrected chi connectivity index (χ0v) is 18.8. The minimum absolute atomic E-state index is 0.0622. The summed E-state index contributed by atoms with van der Waals surface area (Å²) in [5.74, 6) is -0.485. The first-order chi connectivity index (χ1) is 14.6. The van der Waals surface area contributed by atoms with Crippen LogP contribution in [0.5, 0.6) is 0 Å². The molecule has 4 rings (SSSR count). The second kappa shape index (κ2) is 7.35. The van der Waals surface area contributed by atoms with Gasteiger partial charge in [0.15, 0.2) is 11.2 Å². The lowest BCUT2D eigenvalue weighted by Crippen LogP contribution is -2.59. The maximum absolute atomic E-state index is 13.7. The number of carbonyl (C=O) groups is 1. The third-order valence-electron chi connectivity index (χ3n) is 6.70. The lowest BCUT2D eigenvalue weighted by molar-refractivity contribution is -0.135. The monoisotopic (exact) mass is 434 g/mol. The molecule has 0 spiro atoms. The van der Waals surface area contributed by atoms with Crippen LogP contribution in [0.2, 0.25) is 0 Å². The molecular weight excluding hydrogens is 408 g/mol. The molecule has 2 aliphatic carbocycles. The van der Waals surface area contributed by atoms with Gasteiger partial charge in [-0.05, 0) is 36.5 Å². The van der Waals surface area contributed by atoms with Crippen molar-refractivity contribution >= 4 is 15.8 Å². The number of hydrogen-bond acceptors (Lipinski definition) is 4. The highest BCUT2D eigenvalue weighted by Crippen LogP contribution is 2.61. The van der Waals surface area contributed by atoms with Crippen LogP contribution in [0.15, 0.2) is 71.3 Å². The number of aryl methyl sites for hydroxylation is 1. The molecule has 160 valence electrons. The molecule has 2 aromatic carbocycles. The van der Waals surface area contributed by atoms with Gasteiger partial charge in [-0.15, -0.1) is 0 Å². The molecule has 6 heteroatoms. The van der Waals surface area contributed by atoms with Crippen LogP contribution in [0.25, 0.3) is 0 Å². The molecule has 0 N–H and O–H groups in total. The Labute approximate surface area is 184 Å². The predicted molar refractivity (Wildman–Crippen MR) is 118 cm³/mol. The number of rotatable bonds is 5. The predicted octanol–water partition coefficient (Wildman–Crippen LogP) is 4.60. The van der Waals surface area contributed by atoms with Crippen LogP contribution in [-0.4, -0.2) is 18.5 Å². The number of carbonyl (C=O) groups excluding carboxylic acids is 1. The highest BCUT2D eigenvalue weighted by Gasteiger charge is 2.64. The Balaban J connectivity index is 1.87.